The standard InChI is InChI=1S/C23H29ClN2O2/c1-3-23(28)26(20-7-5-4-6-8-20)21-13-14-25(15-17(21)2)16-22(27)18-9-11-19(24)12-10-18/h4-12,17,21-22,27H,3,13-16H2,1-2H3. The molecule has 1 aliphatic rings. The van der Waals surface area contributed by atoms with Crippen molar-refractivity contribution in [2.24, 2.45) is 5.92 Å². The monoisotopic (exact) mass is 400 g/mol. The normalized spacial score (nSPS) is 21.3. The summed E-state index contributed by atoms with van der Waals surface area (Å²) in [5.41, 5.74) is 1.85. The van der Waals surface area contributed by atoms with Crippen molar-refractivity contribution in [3.8, 4) is 0 Å². The van der Waals surface area contributed by atoms with Crippen molar-refractivity contribution in [3.63, 3.8) is 0 Å². The zero-order chi connectivity index (χ0) is 20.1. The van der Waals surface area contributed by atoms with E-state index < -0.39 is 6.10 Å². The van der Waals surface area contributed by atoms with E-state index in [2.05, 4.69) is 11.8 Å². The van der Waals surface area contributed by atoms with Gasteiger partial charge in [0.15, 0.2) is 0 Å². The highest BCUT2D eigenvalue weighted by Gasteiger charge is 2.34. The highest BCUT2D eigenvalue weighted by Crippen LogP contribution is 2.29. The van der Waals surface area contributed by atoms with Crippen molar-refractivity contribution in [1.29, 1.82) is 0 Å². The Labute approximate surface area is 172 Å². The molecule has 5 heteroatoms. The fourth-order valence-electron chi connectivity index (χ4n) is 4.08. The molecule has 1 heterocycles. The van der Waals surface area contributed by atoms with Gasteiger partial charge in [-0.15, -0.1) is 0 Å². The number of aliphatic hydroxyl groups excluding tert-OH is 1. The average Bonchev–Trinajstić information content (AvgIpc) is 2.71. The molecule has 0 bridgehead atoms. The third-order valence-corrected chi connectivity index (χ3v) is 5.82. The number of para-hydroxylation sites is 1. The molecule has 1 amide bonds. The Balaban J connectivity index is 1.66. The van der Waals surface area contributed by atoms with Gasteiger partial charge in [-0.05, 0) is 42.2 Å². The fourth-order valence-corrected chi connectivity index (χ4v) is 4.21. The quantitative estimate of drug-likeness (QED) is 0.774. The molecule has 3 unspecified atom stereocenters. The van der Waals surface area contributed by atoms with E-state index in [1.165, 1.54) is 0 Å². The number of carbonyl (C=O) groups excluding carboxylic acids is 1. The van der Waals surface area contributed by atoms with Gasteiger partial charge in [0.1, 0.15) is 0 Å². The number of halogens is 1. The summed E-state index contributed by atoms with van der Waals surface area (Å²) in [5.74, 6) is 0.486. The Morgan fingerprint density at radius 3 is 2.50 bits per heavy atom. The lowest BCUT2D eigenvalue weighted by molar-refractivity contribution is -0.119. The fraction of sp³-hybridized carbons (Fsp3) is 0.435. The molecular weight excluding hydrogens is 372 g/mol. The molecule has 2 aromatic carbocycles. The number of amides is 1. The number of hydrogen-bond donors (Lipinski definition) is 1. The van der Waals surface area contributed by atoms with Gasteiger partial charge in [-0.1, -0.05) is 55.8 Å². The molecule has 3 atom stereocenters. The summed E-state index contributed by atoms with van der Waals surface area (Å²) < 4.78 is 0. The SMILES string of the molecule is CCC(=O)N(c1ccccc1)C1CCN(CC(O)c2ccc(Cl)cc2)CC1C. The molecular formula is C23H29ClN2O2. The number of nitrogens with zero attached hydrogens (tertiary/aromatic N) is 2. The molecule has 3 rings (SSSR count). The molecule has 1 aliphatic heterocycles. The van der Waals surface area contributed by atoms with E-state index in [0.717, 1.165) is 30.8 Å². The molecule has 0 spiro atoms. The van der Waals surface area contributed by atoms with Crippen LogP contribution in [0.25, 0.3) is 0 Å². The molecule has 2 aromatic rings. The topological polar surface area (TPSA) is 43.8 Å². The van der Waals surface area contributed by atoms with Crippen LogP contribution in [-0.2, 0) is 4.79 Å². The predicted molar refractivity (Wildman–Crippen MR) is 115 cm³/mol. The molecule has 0 radical (unpaired) electrons. The number of aliphatic hydroxyl groups is 1. The number of hydrogen-bond acceptors (Lipinski definition) is 3. The number of anilines is 1. The van der Waals surface area contributed by atoms with Crippen molar-refractivity contribution >= 4 is 23.2 Å². The maximum atomic E-state index is 12.7. The second kappa shape index (κ2) is 9.55. The van der Waals surface area contributed by atoms with Gasteiger partial charge < -0.3 is 10.0 Å². The third-order valence-electron chi connectivity index (χ3n) is 5.57. The van der Waals surface area contributed by atoms with Crippen molar-refractivity contribution in [2.75, 3.05) is 24.5 Å². The van der Waals surface area contributed by atoms with Gasteiger partial charge in [0.05, 0.1) is 6.10 Å². The number of benzene rings is 2. The Kier molecular flexibility index (Phi) is 7.11. The summed E-state index contributed by atoms with van der Waals surface area (Å²) in [5, 5.41) is 11.3. The maximum absolute atomic E-state index is 12.7. The zero-order valence-corrected chi connectivity index (χ0v) is 17.3. The second-order valence-corrected chi connectivity index (χ2v) is 8.05. The molecule has 0 aromatic heterocycles. The number of rotatable bonds is 6. The first-order valence-electron chi connectivity index (χ1n) is 10.0. The van der Waals surface area contributed by atoms with Gasteiger partial charge in [0.25, 0.3) is 0 Å². The van der Waals surface area contributed by atoms with Crippen LogP contribution in [0.2, 0.25) is 5.02 Å². The van der Waals surface area contributed by atoms with Crippen molar-refractivity contribution in [1.82, 2.24) is 4.90 Å². The van der Waals surface area contributed by atoms with Gasteiger partial charge in [-0.3, -0.25) is 9.69 Å². The third kappa shape index (κ3) is 4.93. The predicted octanol–water partition coefficient (Wildman–Crippen LogP) is 4.53. The Morgan fingerprint density at radius 2 is 1.89 bits per heavy atom. The number of β-amino-alcohol motifs (C(OH)–C–C–N with tert-alkyl or cyclic N) is 1. The molecule has 1 N–H and O–H groups in total. The minimum Gasteiger partial charge on any atom is -0.387 e. The smallest absolute Gasteiger partial charge is 0.226 e. The van der Waals surface area contributed by atoms with Gasteiger partial charge in [0.2, 0.25) is 5.91 Å². The second-order valence-electron chi connectivity index (χ2n) is 7.61. The van der Waals surface area contributed by atoms with Crippen LogP contribution in [0.1, 0.15) is 38.4 Å². The van der Waals surface area contributed by atoms with E-state index in [1.54, 1.807) is 0 Å². The van der Waals surface area contributed by atoms with Crippen LogP contribution < -0.4 is 4.90 Å². The van der Waals surface area contributed by atoms with E-state index in [4.69, 9.17) is 11.6 Å². The first-order chi connectivity index (χ1) is 13.5. The Bertz CT molecular complexity index is 766. The minimum atomic E-state index is -0.538. The Hall–Kier alpha value is -1.88. The average molecular weight is 401 g/mol. The van der Waals surface area contributed by atoms with E-state index in [-0.39, 0.29) is 11.9 Å². The van der Waals surface area contributed by atoms with Gasteiger partial charge in [0, 0.05) is 42.8 Å². The summed E-state index contributed by atoms with van der Waals surface area (Å²) in [4.78, 5) is 17.0. The Morgan fingerprint density at radius 1 is 1.21 bits per heavy atom. The summed E-state index contributed by atoms with van der Waals surface area (Å²) in [6, 6.07) is 17.5. The molecule has 0 saturated carbocycles. The molecule has 1 fully saturated rings. The van der Waals surface area contributed by atoms with E-state index in [0.29, 0.717) is 23.9 Å². The maximum Gasteiger partial charge on any atom is 0.226 e. The molecule has 0 aliphatic carbocycles. The van der Waals surface area contributed by atoms with E-state index in [1.807, 2.05) is 66.4 Å². The van der Waals surface area contributed by atoms with Gasteiger partial charge in [-0.25, -0.2) is 0 Å². The molecule has 1 saturated heterocycles. The van der Waals surface area contributed by atoms with Crippen LogP contribution in [0.5, 0.6) is 0 Å². The number of piperidine rings is 1. The summed E-state index contributed by atoms with van der Waals surface area (Å²) in [6.45, 7) is 6.42. The molecule has 150 valence electrons. The summed E-state index contributed by atoms with van der Waals surface area (Å²) in [6.07, 6.45) is 0.857. The van der Waals surface area contributed by atoms with Crippen LogP contribution >= 0.6 is 11.6 Å². The first-order valence-corrected chi connectivity index (χ1v) is 10.4. The summed E-state index contributed by atoms with van der Waals surface area (Å²) >= 11 is 5.94. The van der Waals surface area contributed by atoms with Gasteiger partial charge >= 0.3 is 0 Å². The highest BCUT2D eigenvalue weighted by atomic mass is 35.5. The van der Waals surface area contributed by atoms with Gasteiger partial charge in [-0.2, -0.15) is 0 Å². The van der Waals surface area contributed by atoms with E-state index in [9.17, 15) is 9.90 Å². The van der Waals surface area contributed by atoms with Crippen molar-refractivity contribution in [3.05, 3.63) is 65.2 Å². The van der Waals surface area contributed by atoms with E-state index >= 15 is 0 Å². The molecule has 28 heavy (non-hydrogen) atoms. The number of carbonyl (C=O) groups is 1. The van der Waals surface area contributed by atoms with Crippen LogP contribution in [0.4, 0.5) is 5.69 Å². The van der Waals surface area contributed by atoms with Crippen LogP contribution in [0, 0.1) is 5.92 Å². The lowest BCUT2D eigenvalue weighted by atomic mass is 9.91. The van der Waals surface area contributed by atoms with Crippen molar-refractivity contribution in [2.45, 2.75) is 38.8 Å². The van der Waals surface area contributed by atoms with Crippen LogP contribution in [0.15, 0.2) is 54.6 Å². The lowest BCUT2D eigenvalue weighted by Crippen LogP contribution is -2.52. The summed E-state index contributed by atoms with van der Waals surface area (Å²) in [7, 11) is 0. The zero-order valence-electron chi connectivity index (χ0n) is 16.6. The number of likely N-dealkylation sites (tertiary alicyclic amines) is 1. The van der Waals surface area contributed by atoms with Crippen molar-refractivity contribution < 1.29 is 9.90 Å². The first kappa shape index (κ1) is 20.8. The van der Waals surface area contributed by atoms with Crippen LogP contribution in [0.3, 0.4) is 0 Å². The van der Waals surface area contributed by atoms with Crippen LogP contribution in [-0.4, -0.2) is 41.6 Å². The molecule has 4 nitrogen and oxygen atoms in total. The minimum absolute atomic E-state index is 0.165. The lowest BCUT2D eigenvalue weighted by Gasteiger charge is -2.43. The largest absolute Gasteiger partial charge is 0.387 e. The highest BCUT2D eigenvalue weighted by molar-refractivity contribution is 6.30.